The Bertz CT molecular complexity index is 578. The molecule has 0 atom stereocenters. The molecule has 7 heteroatoms. The summed E-state index contributed by atoms with van der Waals surface area (Å²) in [5, 5.41) is 7.56. The maximum atomic E-state index is 11.7. The molecule has 0 spiro atoms. The summed E-state index contributed by atoms with van der Waals surface area (Å²) in [6.45, 7) is 0.249. The van der Waals surface area contributed by atoms with Gasteiger partial charge in [-0.1, -0.05) is 0 Å². The number of hydrogen-bond donors (Lipinski definition) is 1. The van der Waals surface area contributed by atoms with E-state index < -0.39 is 0 Å². The highest BCUT2D eigenvalue weighted by Crippen LogP contribution is 2.27. The third-order valence-corrected chi connectivity index (χ3v) is 2.71. The number of nitrogens with zero attached hydrogens (tertiary/aromatic N) is 4. The molecule has 0 aliphatic carbocycles. The molecule has 1 aromatic heterocycles. The van der Waals surface area contributed by atoms with Gasteiger partial charge in [-0.2, -0.15) is 0 Å². The van der Waals surface area contributed by atoms with Crippen LogP contribution in [0.2, 0.25) is 0 Å². The summed E-state index contributed by atoms with van der Waals surface area (Å²) in [5.74, 6) is -0.000992. The van der Waals surface area contributed by atoms with Gasteiger partial charge < -0.3 is 15.5 Å². The van der Waals surface area contributed by atoms with Gasteiger partial charge in [-0.05, 0) is 22.4 Å². The van der Waals surface area contributed by atoms with E-state index in [1.54, 1.807) is 38.2 Å². The largest absolute Gasteiger partial charge is 0.397 e. The van der Waals surface area contributed by atoms with Crippen LogP contribution in [0.15, 0.2) is 16.8 Å². The van der Waals surface area contributed by atoms with Gasteiger partial charge in [0, 0.05) is 21.1 Å². The molecule has 2 aromatic rings. The second kappa shape index (κ2) is 4.52. The molecule has 1 amide bonds. The van der Waals surface area contributed by atoms with Gasteiger partial charge in [0.1, 0.15) is 0 Å². The van der Waals surface area contributed by atoms with E-state index in [-0.39, 0.29) is 12.5 Å². The number of hydrogen-bond acceptors (Lipinski definition) is 6. The van der Waals surface area contributed by atoms with Crippen LogP contribution in [0.1, 0.15) is 0 Å². The van der Waals surface area contributed by atoms with Gasteiger partial charge in [-0.3, -0.25) is 4.79 Å². The van der Waals surface area contributed by atoms with Gasteiger partial charge in [-0.15, -0.1) is 0 Å². The Morgan fingerprint density at radius 2 is 1.94 bits per heavy atom. The van der Waals surface area contributed by atoms with Crippen LogP contribution < -0.4 is 10.6 Å². The van der Waals surface area contributed by atoms with Gasteiger partial charge >= 0.3 is 0 Å². The van der Waals surface area contributed by atoms with E-state index in [0.717, 1.165) is 5.69 Å². The first-order valence-corrected chi connectivity index (χ1v) is 5.42. The first-order valence-electron chi connectivity index (χ1n) is 5.42. The zero-order chi connectivity index (χ0) is 13.3. The zero-order valence-electron chi connectivity index (χ0n) is 10.5. The standard InChI is InChI=1S/C11H15N5O2/c1-15(2)9(17)6-16(3)8-5-4-7(12)10-11(8)14-18-13-10/h4-5H,6,12H2,1-3H3. The number of nitrogens with two attached hydrogens (primary N) is 1. The lowest BCUT2D eigenvalue weighted by Gasteiger charge is -2.21. The number of rotatable bonds is 3. The quantitative estimate of drug-likeness (QED) is 0.788. The van der Waals surface area contributed by atoms with Crippen molar-refractivity contribution in [2.75, 3.05) is 38.3 Å². The topological polar surface area (TPSA) is 88.5 Å². The molecule has 0 aliphatic heterocycles. The SMILES string of the molecule is CN(C)C(=O)CN(C)c1ccc(N)c2nonc12. The summed E-state index contributed by atoms with van der Waals surface area (Å²) in [6, 6.07) is 3.52. The minimum atomic E-state index is -0.000992. The van der Waals surface area contributed by atoms with Crippen LogP contribution in [0.5, 0.6) is 0 Å². The predicted molar refractivity (Wildman–Crippen MR) is 68.2 cm³/mol. The van der Waals surface area contributed by atoms with Gasteiger partial charge in [0.05, 0.1) is 17.9 Å². The van der Waals surface area contributed by atoms with Crippen molar-refractivity contribution in [2.45, 2.75) is 0 Å². The van der Waals surface area contributed by atoms with Crippen molar-refractivity contribution in [1.82, 2.24) is 15.2 Å². The van der Waals surface area contributed by atoms with Crippen molar-refractivity contribution in [2.24, 2.45) is 0 Å². The van der Waals surface area contributed by atoms with Crippen molar-refractivity contribution >= 4 is 28.3 Å². The molecule has 96 valence electrons. The number of amides is 1. The average molecular weight is 249 g/mol. The van der Waals surface area contributed by atoms with Crippen LogP contribution in [-0.2, 0) is 4.79 Å². The molecule has 2 N–H and O–H groups in total. The molecule has 7 nitrogen and oxygen atoms in total. The molecule has 18 heavy (non-hydrogen) atoms. The van der Waals surface area contributed by atoms with Crippen LogP contribution in [0.3, 0.4) is 0 Å². The average Bonchev–Trinajstić information content (AvgIpc) is 2.78. The Balaban J connectivity index is 2.33. The van der Waals surface area contributed by atoms with Crippen molar-refractivity contribution < 1.29 is 9.42 Å². The van der Waals surface area contributed by atoms with Crippen LogP contribution in [0.25, 0.3) is 11.0 Å². The number of fused-ring (bicyclic) bond motifs is 1. The number of benzene rings is 1. The van der Waals surface area contributed by atoms with Crippen LogP contribution >= 0.6 is 0 Å². The summed E-state index contributed by atoms with van der Waals surface area (Å²) in [4.78, 5) is 15.0. The number of carbonyl (C=O) groups is 1. The summed E-state index contributed by atoms with van der Waals surface area (Å²) in [6.07, 6.45) is 0. The zero-order valence-corrected chi connectivity index (χ0v) is 10.5. The van der Waals surface area contributed by atoms with E-state index in [2.05, 4.69) is 14.9 Å². The Morgan fingerprint density at radius 3 is 2.61 bits per heavy atom. The van der Waals surface area contributed by atoms with E-state index in [1.807, 2.05) is 0 Å². The van der Waals surface area contributed by atoms with Gasteiger partial charge in [0.2, 0.25) is 5.91 Å². The third kappa shape index (κ3) is 2.06. The maximum Gasteiger partial charge on any atom is 0.241 e. The molecule has 1 aromatic carbocycles. The molecule has 0 aliphatic rings. The van der Waals surface area contributed by atoms with E-state index in [4.69, 9.17) is 5.73 Å². The molecule has 0 unspecified atom stereocenters. The molecule has 0 saturated carbocycles. The fourth-order valence-corrected chi connectivity index (χ4v) is 1.61. The molecule has 0 radical (unpaired) electrons. The monoisotopic (exact) mass is 249 g/mol. The lowest BCUT2D eigenvalue weighted by Crippen LogP contribution is -2.34. The number of nitrogen functional groups attached to an aromatic ring is 1. The fraction of sp³-hybridized carbons (Fsp3) is 0.364. The van der Waals surface area contributed by atoms with E-state index in [9.17, 15) is 4.79 Å². The summed E-state index contributed by atoms with van der Waals surface area (Å²) in [5.41, 5.74) is 8.10. The van der Waals surface area contributed by atoms with E-state index in [0.29, 0.717) is 16.7 Å². The fourth-order valence-electron chi connectivity index (χ4n) is 1.61. The highest BCUT2D eigenvalue weighted by molar-refractivity contribution is 5.96. The predicted octanol–water partition coefficient (Wildman–Crippen LogP) is 0.329. The Kier molecular flexibility index (Phi) is 3.05. The third-order valence-electron chi connectivity index (χ3n) is 2.71. The minimum absolute atomic E-state index is 0.000992. The van der Waals surface area contributed by atoms with Crippen molar-refractivity contribution in [3.63, 3.8) is 0 Å². The lowest BCUT2D eigenvalue weighted by molar-refractivity contribution is -0.127. The molecular formula is C11H15N5O2. The van der Waals surface area contributed by atoms with Crippen LogP contribution in [0, 0.1) is 0 Å². The summed E-state index contributed by atoms with van der Waals surface area (Å²) in [7, 11) is 5.24. The number of anilines is 2. The van der Waals surface area contributed by atoms with Crippen molar-refractivity contribution in [3.8, 4) is 0 Å². The van der Waals surface area contributed by atoms with Gasteiger partial charge in [0.25, 0.3) is 0 Å². The Hall–Kier alpha value is -2.31. The van der Waals surface area contributed by atoms with Crippen molar-refractivity contribution in [1.29, 1.82) is 0 Å². The maximum absolute atomic E-state index is 11.7. The highest BCUT2D eigenvalue weighted by Gasteiger charge is 2.15. The Labute approximate surface area is 104 Å². The highest BCUT2D eigenvalue weighted by atomic mass is 16.6. The van der Waals surface area contributed by atoms with Crippen LogP contribution in [-0.4, -0.2) is 48.8 Å². The van der Waals surface area contributed by atoms with E-state index >= 15 is 0 Å². The molecule has 1 heterocycles. The molecule has 2 rings (SSSR count). The molecular weight excluding hydrogens is 234 g/mol. The number of likely N-dealkylation sites (N-methyl/N-ethyl adjacent to an activating group) is 2. The van der Waals surface area contributed by atoms with Gasteiger partial charge in [-0.25, -0.2) is 4.63 Å². The molecule has 0 saturated heterocycles. The van der Waals surface area contributed by atoms with Crippen molar-refractivity contribution in [3.05, 3.63) is 12.1 Å². The first kappa shape index (κ1) is 12.2. The minimum Gasteiger partial charge on any atom is -0.397 e. The van der Waals surface area contributed by atoms with E-state index in [1.165, 1.54) is 4.90 Å². The number of aromatic nitrogens is 2. The Morgan fingerprint density at radius 1 is 1.28 bits per heavy atom. The second-order valence-corrected chi connectivity index (χ2v) is 4.28. The van der Waals surface area contributed by atoms with Gasteiger partial charge in [0.15, 0.2) is 11.0 Å². The lowest BCUT2D eigenvalue weighted by atomic mass is 10.2. The first-order chi connectivity index (χ1) is 8.50. The molecule has 0 bridgehead atoms. The smallest absolute Gasteiger partial charge is 0.241 e. The normalized spacial score (nSPS) is 10.6. The summed E-state index contributed by atoms with van der Waals surface area (Å²) < 4.78 is 4.69. The number of carbonyl (C=O) groups excluding carboxylic acids is 1. The molecule has 0 fully saturated rings. The van der Waals surface area contributed by atoms with Crippen LogP contribution in [0.4, 0.5) is 11.4 Å². The second-order valence-electron chi connectivity index (χ2n) is 4.28. The summed E-state index contributed by atoms with van der Waals surface area (Å²) >= 11 is 0.